The number of hydrogen-bond acceptors (Lipinski definition) is 8. The van der Waals surface area contributed by atoms with E-state index in [4.69, 9.17) is 14.0 Å². The van der Waals surface area contributed by atoms with Crippen LogP contribution < -0.4 is 16.3 Å². The van der Waals surface area contributed by atoms with Crippen LogP contribution >= 0.6 is 40.0 Å². The number of carbonyl (C=O) groups is 1. The van der Waals surface area contributed by atoms with Gasteiger partial charge < -0.3 is 14.6 Å². The second kappa shape index (κ2) is 9.90. The van der Waals surface area contributed by atoms with Gasteiger partial charge >= 0.3 is 19.8 Å². The normalized spacial score (nSPS) is 25.1. The highest BCUT2D eigenvalue weighted by molar-refractivity contribution is 9.25. The van der Waals surface area contributed by atoms with Gasteiger partial charge in [-0.05, 0) is 25.3 Å². The van der Waals surface area contributed by atoms with Crippen molar-refractivity contribution < 1.29 is 28.5 Å². The molecule has 0 radical (unpaired) electrons. The van der Waals surface area contributed by atoms with Crippen molar-refractivity contribution in [2.75, 3.05) is 6.61 Å². The van der Waals surface area contributed by atoms with E-state index < -0.39 is 53.1 Å². The molecule has 0 bridgehead atoms. The number of ether oxygens (including phenoxy) is 2. The van der Waals surface area contributed by atoms with E-state index in [1.807, 2.05) is 0 Å². The second-order valence-corrected chi connectivity index (χ2v) is 11.3. The number of hydrogen-bond donors (Lipinski definition) is 3. The molecule has 1 unspecified atom stereocenters. The molecule has 1 aromatic rings. The Labute approximate surface area is 183 Å². The zero-order valence-electron chi connectivity index (χ0n) is 15.7. The van der Waals surface area contributed by atoms with Gasteiger partial charge in [0.25, 0.3) is 5.56 Å². The first kappa shape index (κ1) is 24.3. The Morgan fingerprint density at radius 3 is 2.69 bits per heavy atom. The molecule has 0 saturated carbocycles. The maximum atomic E-state index is 12.1. The zero-order valence-corrected chi connectivity index (χ0v) is 19.8. The predicted molar refractivity (Wildman–Crippen MR) is 109 cm³/mol. The Hall–Kier alpha value is -0.950. The summed E-state index contributed by atoms with van der Waals surface area (Å²) in [6, 6.07) is 0.268. The lowest BCUT2D eigenvalue weighted by molar-refractivity contribution is -0.149. The average molecular weight is 562 g/mol. The minimum Gasteiger partial charge on any atom is -0.462 e. The van der Waals surface area contributed by atoms with E-state index in [9.17, 15) is 24.1 Å². The van der Waals surface area contributed by atoms with E-state index in [0.29, 0.717) is 0 Å². The van der Waals surface area contributed by atoms with Crippen molar-refractivity contribution in [3.05, 3.63) is 33.1 Å². The first-order chi connectivity index (χ1) is 13.4. The van der Waals surface area contributed by atoms with Crippen LogP contribution in [0.15, 0.2) is 21.9 Å². The number of H-pyrrole nitrogens is 1. The Morgan fingerprint density at radius 2 is 2.10 bits per heavy atom. The second-order valence-electron chi connectivity index (χ2n) is 6.55. The van der Waals surface area contributed by atoms with Crippen LogP contribution in [-0.4, -0.2) is 54.8 Å². The molecule has 0 aromatic carbocycles. The number of rotatable bonds is 8. The molecule has 11 nitrogen and oxygen atoms in total. The van der Waals surface area contributed by atoms with E-state index in [2.05, 4.69) is 41.9 Å². The number of alkyl halides is 2. The van der Waals surface area contributed by atoms with Gasteiger partial charge in [0.05, 0.1) is 6.10 Å². The van der Waals surface area contributed by atoms with E-state index in [-0.39, 0.29) is 12.7 Å². The van der Waals surface area contributed by atoms with Crippen LogP contribution in [0.4, 0.5) is 0 Å². The van der Waals surface area contributed by atoms with Gasteiger partial charge in [0.2, 0.25) is 0 Å². The molecular formula is C15H21Br2N3O8P+. The largest absolute Gasteiger partial charge is 0.613 e. The van der Waals surface area contributed by atoms with Crippen molar-refractivity contribution >= 4 is 46.0 Å². The molecule has 1 aliphatic heterocycles. The molecule has 2 rings (SSSR count). The van der Waals surface area contributed by atoms with Gasteiger partial charge in [0.1, 0.15) is 24.9 Å². The monoisotopic (exact) mass is 560 g/mol. The smallest absolute Gasteiger partial charge is 0.462 e. The minimum atomic E-state index is -2.46. The number of aliphatic hydroxyl groups excluding tert-OH is 1. The molecule has 1 aromatic heterocycles. The van der Waals surface area contributed by atoms with Gasteiger partial charge in [0, 0.05) is 12.3 Å². The van der Waals surface area contributed by atoms with E-state index in [0.717, 1.165) is 10.6 Å². The first-order valence-corrected chi connectivity index (χ1v) is 11.3. The van der Waals surface area contributed by atoms with Gasteiger partial charge in [-0.15, -0.1) is 4.52 Å². The summed E-state index contributed by atoms with van der Waals surface area (Å²) in [5.74, 6) is -0.582. The molecule has 14 heteroatoms. The highest BCUT2D eigenvalue weighted by Crippen LogP contribution is 2.49. The highest BCUT2D eigenvalue weighted by atomic mass is 79.9. The molecular weight excluding hydrogens is 541 g/mol. The fourth-order valence-electron chi connectivity index (χ4n) is 2.44. The van der Waals surface area contributed by atoms with Gasteiger partial charge in [0.15, 0.2) is 9.46 Å². The first-order valence-electron chi connectivity index (χ1n) is 8.53. The van der Waals surface area contributed by atoms with Crippen LogP contribution in [-0.2, 0) is 23.4 Å². The fourth-order valence-corrected chi connectivity index (χ4v) is 4.47. The van der Waals surface area contributed by atoms with Crippen molar-refractivity contribution in [3.8, 4) is 0 Å². The number of carbonyl (C=O) groups excluding carboxylic acids is 1. The van der Waals surface area contributed by atoms with Crippen molar-refractivity contribution in [3.63, 3.8) is 0 Å². The van der Waals surface area contributed by atoms with Gasteiger partial charge in [-0.2, -0.15) is 0 Å². The predicted octanol–water partition coefficient (Wildman–Crippen LogP) is 0.885. The number of nitrogens with zero attached hydrogens (tertiary/aromatic N) is 1. The summed E-state index contributed by atoms with van der Waals surface area (Å²) in [5.41, 5.74) is -1.31. The molecule has 162 valence electrons. The van der Waals surface area contributed by atoms with Crippen LogP contribution in [0.2, 0.25) is 0 Å². The number of aromatic nitrogens is 2. The average Bonchev–Trinajstić information content (AvgIpc) is 2.82. The maximum absolute atomic E-state index is 12.1. The van der Waals surface area contributed by atoms with Gasteiger partial charge in [-0.25, -0.2) is 4.79 Å². The Balaban J connectivity index is 2.00. The van der Waals surface area contributed by atoms with Crippen molar-refractivity contribution in [2.24, 2.45) is 0 Å². The third-order valence-electron chi connectivity index (χ3n) is 3.84. The summed E-state index contributed by atoms with van der Waals surface area (Å²) in [4.78, 5) is 37.1. The summed E-state index contributed by atoms with van der Waals surface area (Å²) < 4.78 is 27.7. The Kier molecular flexibility index (Phi) is 8.31. The Morgan fingerprint density at radius 1 is 1.45 bits per heavy atom. The van der Waals surface area contributed by atoms with E-state index in [1.165, 1.54) is 13.1 Å². The third kappa shape index (κ3) is 6.03. The summed E-state index contributed by atoms with van der Waals surface area (Å²) in [7, 11) is -2.46. The standard InChI is InChI=1S/C15H20Br2N3O8P/c1-7(2)27-12(23)8(3)19-29(25)26-6-9-11(22)15(16,17)13(28-9)20-5-4-10(21)18-14(20)24/h4-5,7-9,11,13,22H,6H2,1-3H3,(H-,18,19,21,24,25)/p+1/t8-,9+,11+,13+/m0/s1. The third-order valence-corrected chi connectivity index (χ3v) is 6.55. The van der Waals surface area contributed by atoms with Crippen LogP contribution in [0.25, 0.3) is 0 Å². The number of esters is 1. The summed E-state index contributed by atoms with van der Waals surface area (Å²) >= 11 is 6.56. The molecule has 29 heavy (non-hydrogen) atoms. The summed E-state index contributed by atoms with van der Waals surface area (Å²) in [6.45, 7) is 4.56. The maximum Gasteiger partial charge on any atom is 0.613 e. The van der Waals surface area contributed by atoms with Crippen LogP contribution in [0, 0.1) is 0 Å². The summed E-state index contributed by atoms with van der Waals surface area (Å²) in [5, 5.41) is 13.0. The topological polar surface area (TPSA) is 149 Å². The highest BCUT2D eigenvalue weighted by Gasteiger charge is 2.55. The molecule has 5 atom stereocenters. The van der Waals surface area contributed by atoms with Crippen molar-refractivity contribution in [1.82, 2.24) is 14.6 Å². The number of aliphatic hydroxyl groups is 1. The van der Waals surface area contributed by atoms with E-state index >= 15 is 0 Å². The number of nitrogens with one attached hydrogen (secondary N) is 2. The summed E-state index contributed by atoms with van der Waals surface area (Å²) in [6.07, 6.45) is -2.31. The molecule has 1 saturated heterocycles. The lowest BCUT2D eigenvalue weighted by Crippen LogP contribution is -2.40. The quantitative estimate of drug-likeness (QED) is 0.239. The van der Waals surface area contributed by atoms with Crippen molar-refractivity contribution in [2.45, 2.75) is 54.6 Å². The lowest BCUT2D eigenvalue weighted by Gasteiger charge is -2.24. The van der Waals surface area contributed by atoms with Crippen LogP contribution in [0.1, 0.15) is 27.0 Å². The fraction of sp³-hybridized carbons (Fsp3) is 0.667. The van der Waals surface area contributed by atoms with E-state index in [1.54, 1.807) is 13.8 Å². The molecule has 2 heterocycles. The van der Waals surface area contributed by atoms with Crippen LogP contribution in [0.3, 0.4) is 0 Å². The van der Waals surface area contributed by atoms with Gasteiger partial charge in [-0.3, -0.25) is 19.1 Å². The zero-order chi connectivity index (χ0) is 21.9. The number of halogens is 2. The van der Waals surface area contributed by atoms with Crippen molar-refractivity contribution in [1.29, 1.82) is 0 Å². The molecule has 3 N–H and O–H groups in total. The van der Waals surface area contributed by atoms with Crippen LogP contribution in [0.5, 0.6) is 0 Å². The molecule has 0 amide bonds. The number of aromatic amines is 1. The molecule has 1 aliphatic rings. The minimum absolute atomic E-state index is 0.303. The SMILES string of the molecule is CC(C)OC(=O)[C@H](C)N[P+](=O)OC[C@H]1O[C@@H](n2ccc(=O)[nH]c2=O)C(Br)(Br)[C@@H]1O. The molecule has 0 spiro atoms. The van der Waals surface area contributed by atoms with Gasteiger partial charge in [-0.1, -0.05) is 36.9 Å². The lowest BCUT2D eigenvalue weighted by atomic mass is 10.2. The molecule has 1 fully saturated rings. The molecule has 0 aliphatic carbocycles. The Bertz CT molecular complexity index is 874.